The fourth-order valence-corrected chi connectivity index (χ4v) is 3.20. The summed E-state index contributed by atoms with van der Waals surface area (Å²) in [7, 11) is 0. The summed E-state index contributed by atoms with van der Waals surface area (Å²) in [5, 5.41) is 3.21. The third-order valence-electron chi connectivity index (χ3n) is 4.36. The molecule has 1 amide bonds. The highest BCUT2D eigenvalue weighted by molar-refractivity contribution is 6.32. The monoisotopic (exact) mass is 439 g/mol. The molecule has 3 aromatic carbocycles. The summed E-state index contributed by atoms with van der Waals surface area (Å²) in [4.78, 5) is 12.8. The molecule has 5 nitrogen and oxygen atoms in total. The first kappa shape index (κ1) is 22.5. The first-order valence-corrected chi connectivity index (χ1v) is 10.6. The summed E-state index contributed by atoms with van der Waals surface area (Å²) in [5.41, 5.74) is 2.15. The molecule has 0 fully saturated rings. The summed E-state index contributed by atoms with van der Waals surface area (Å²) in [6.45, 7) is 6.84. The summed E-state index contributed by atoms with van der Waals surface area (Å²) in [6, 6.07) is 18.2. The van der Waals surface area contributed by atoms with Crippen LogP contribution in [0, 0.1) is 6.92 Å². The van der Waals surface area contributed by atoms with Crippen molar-refractivity contribution in [3.05, 3.63) is 76.8 Å². The quantitative estimate of drug-likeness (QED) is 0.394. The zero-order valence-electron chi connectivity index (χ0n) is 17.9. The molecule has 0 unspecified atom stereocenters. The van der Waals surface area contributed by atoms with Gasteiger partial charge < -0.3 is 19.5 Å². The van der Waals surface area contributed by atoms with Gasteiger partial charge in [0.15, 0.2) is 11.5 Å². The topological polar surface area (TPSA) is 56.8 Å². The fraction of sp³-hybridized carbons (Fsp3) is 0.240. The Kier molecular flexibility index (Phi) is 7.79. The van der Waals surface area contributed by atoms with Crippen molar-refractivity contribution in [2.24, 2.45) is 0 Å². The second-order valence-corrected chi connectivity index (χ2v) is 7.37. The molecular weight excluding hydrogens is 414 g/mol. The molecule has 0 aliphatic carbocycles. The minimum atomic E-state index is -0.294. The maximum atomic E-state index is 12.8. The van der Waals surface area contributed by atoms with Gasteiger partial charge in [-0.2, -0.15) is 0 Å². The van der Waals surface area contributed by atoms with Gasteiger partial charge in [0.25, 0.3) is 5.91 Å². The van der Waals surface area contributed by atoms with E-state index in [0.29, 0.717) is 46.7 Å². The maximum absolute atomic E-state index is 12.8. The lowest BCUT2D eigenvalue weighted by atomic mass is 10.1. The minimum Gasteiger partial charge on any atom is -0.490 e. The van der Waals surface area contributed by atoms with Crippen molar-refractivity contribution in [3.8, 4) is 23.0 Å². The van der Waals surface area contributed by atoms with Gasteiger partial charge in [-0.3, -0.25) is 4.79 Å². The van der Waals surface area contributed by atoms with Gasteiger partial charge in [-0.15, -0.1) is 0 Å². The Bertz CT molecular complexity index is 1030. The molecule has 0 atom stereocenters. The van der Waals surface area contributed by atoms with E-state index < -0.39 is 0 Å². The molecule has 0 saturated carbocycles. The van der Waals surface area contributed by atoms with Crippen molar-refractivity contribution >= 4 is 23.2 Å². The van der Waals surface area contributed by atoms with Gasteiger partial charge in [-0.25, -0.2) is 0 Å². The standard InChI is InChI=1S/C25H26ClNO4/c1-4-13-30-24-22(26)15-18(16-23(24)29-5-2)25(28)27-19-9-11-20(12-10-19)31-21-8-6-7-17(3)14-21/h6-12,14-16H,4-5,13H2,1-3H3,(H,27,28). The van der Waals surface area contributed by atoms with E-state index in [-0.39, 0.29) is 5.91 Å². The summed E-state index contributed by atoms with van der Waals surface area (Å²) < 4.78 is 17.2. The van der Waals surface area contributed by atoms with Gasteiger partial charge in [0.2, 0.25) is 0 Å². The van der Waals surface area contributed by atoms with Crippen LogP contribution in [-0.2, 0) is 0 Å². The van der Waals surface area contributed by atoms with Crippen LogP contribution >= 0.6 is 11.6 Å². The molecule has 0 aromatic heterocycles. The normalized spacial score (nSPS) is 10.5. The number of hydrogen-bond donors (Lipinski definition) is 1. The number of aryl methyl sites for hydroxylation is 1. The second kappa shape index (κ2) is 10.7. The summed E-state index contributed by atoms with van der Waals surface area (Å²) >= 11 is 6.36. The number of nitrogens with one attached hydrogen (secondary N) is 1. The van der Waals surface area contributed by atoms with Crippen molar-refractivity contribution in [2.75, 3.05) is 18.5 Å². The lowest BCUT2D eigenvalue weighted by Gasteiger charge is -2.15. The second-order valence-electron chi connectivity index (χ2n) is 6.96. The van der Waals surface area contributed by atoms with E-state index in [9.17, 15) is 4.79 Å². The average Bonchev–Trinajstić information content (AvgIpc) is 2.74. The first-order chi connectivity index (χ1) is 15.0. The Morgan fingerprint density at radius 1 is 0.968 bits per heavy atom. The lowest BCUT2D eigenvalue weighted by Crippen LogP contribution is -2.12. The van der Waals surface area contributed by atoms with Crippen molar-refractivity contribution in [3.63, 3.8) is 0 Å². The number of rotatable bonds is 9. The zero-order valence-corrected chi connectivity index (χ0v) is 18.7. The van der Waals surface area contributed by atoms with Gasteiger partial charge in [0.1, 0.15) is 11.5 Å². The first-order valence-electron chi connectivity index (χ1n) is 10.2. The average molecular weight is 440 g/mol. The van der Waals surface area contributed by atoms with Crippen LogP contribution in [0.25, 0.3) is 0 Å². The maximum Gasteiger partial charge on any atom is 0.255 e. The van der Waals surface area contributed by atoms with Gasteiger partial charge in [-0.05, 0) is 74.4 Å². The van der Waals surface area contributed by atoms with E-state index in [4.69, 9.17) is 25.8 Å². The minimum absolute atomic E-state index is 0.294. The zero-order chi connectivity index (χ0) is 22.2. The summed E-state index contributed by atoms with van der Waals surface area (Å²) in [6.07, 6.45) is 0.841. The third-order valence-corrected chi connectivity index (χ3v) is 4.64. The molecule has 3 aromatic rings. The predicted molar refractivity (Wildman–Crippen MR) is 124 cm³/mol. The molecule has 6 heteroatoms. The van der Waals surface area contributed by atoms with Crippen molar-refractivity contribution in [1.82, 2.24) is 0 Å². The number of benzene rings is 3. The highest BCUT2D eigenvalue weighted by Crippen LogP contribution is 2.37. The number of carbonyl (C=O) groups excluding carboxylic acids is 1. The van der Waals surface area contributed by atoms with Crippen molar-refractivity contribution in [1.29, 1.82) is 0 Å². The number of carbonyl (C=O) groups is 1. The molecule has 0 heterocycles. The Hall–Kier alpha value is -3.18. The largest absolute Gasteiger partial charge is 0.490 e. The molecular formula is C25H26ClNO4. The van der Waals surface area contributed by atoms with Gasteiger partial charge in [-0.1, -0.05) is 30.7 Å². The lowest BCUT2D eigenvalue weighted by molar-refractivity contribution is 0.102. The van der Waals surface area contributed by atoms with E-state index in [2.05, 4.69) is 5.32 Å². The molecule has 162 valence electrons. The SMILES string of the molecule is CCCOc1c(Cl)cc(C(=O)Nc2ccc(Oc3cccc(C)c3)cc2)cc1OCC. The van der Waals surface area contributed by atoms with Crippen LogP contribution in [0.3, 0.4) is 0 Å². The molecule has 3 rings (SSSR count). The number of hydrogen-bond acceptors (Lipinski definition) is 4. The molecule has 0 bridgehead atoms. The van der Waals surface area contributed by atoms with Crippen LogP contribution in [0.1, 0.15) is 36.2 Å². The van der Waals surface area contributed by atoms with Crippen LogP contribution in [-0.4, -0.2) is 19.1 Å². The van der Waals surface area contributed by atoms with E-state index in [1.54, 1.807) is 36.4 Å². The Morgan fingerprint density at radius 2 is 1.74 bits per heavy atom. The molecule has 1 N–H and O–H groups in total. The smallest absolute Gasteiger partial charge is 0.255 e. The van der Waals surface area contributed by atoms with Crippen LogP contribution in [0.15, 0.2) is 60.7 Å². The Labute approximate surface area is 187 Å². The number of halogens is 1. The molecule has 0 aliphatic rings. The third kappa shape index (κ3) is 6.15. The highest BCUT2D eigenvalue weighted by atomic mass is 35.5. The van der Waals surface area contributed by atoms with Crippen LogP contribution < -0.4 is 19.5 Å². The highest BCUT2D eigenvalue weighted by Gasteiger charge is 2.16. The summed E-state index contributed by atoms with van der Waals surface area (Å²) in [5.74, 6) is 2.07. The van der Waals surface area contributed by atoms with Gasteiger partial charge in [0, 0.05) is 11.3 Å². The van der Waals surface area contributed by atoms with Crippen LogP contribution in [0.5, 0.6) is 23.0 Å². The number of ether oxygens (including phenoxy) is 3. The molecule has 31 heavy (non-hydrogen) atoms. The molecule has 0 radical (unpaired) electrons. The molecule has 0 aliphatic heterocycles. The number of amides is 1. The van der Waals surface area contributed by atoms with E-state index in [1.807, 2.05) is 45.0 Å². The van der Waals surface area contributed by atoms with E-state index >= 15 is 0 Å². The van der Waals surface area contributed by atoms with E-state index in [1.165, 1.54) is 0 Å². The van der Waals surface area contributed by atoms with E-state index in [0.717, 1.165) is 17.7 Å². The van der Waals surface area contributed by atoms with Gasteiger partial charge >= 0.3 is 0 Å². The molecule has 0 spiro atoms. The fourth-order valence-electron chi connectivity index (χ4n) is 2.93. The Morgan fingerprint density at radius 3 is 2.42 bits per heavy atom. The number of anilines is 1. The van der Waals surface area contributed by atoms with Crippen molar-refractivity contribution < 1.29 is 19.0 Å². The van der Waals surface area contributed by atoms with Gasteiger partial charge in [0.05, 0.1) is 18.2 Å². The Balaban J connectivity index is 1.72. The molecule has 0 saturated heterocycles. The van der Waals surface area contributed by atoms with Crippen LogP contribution in [0.4, 0.5) is 5.69 Å². The van der Waals surface area contributed by atoms with Crippen LogP contribution in [0.2, 0.25) is 5.02 Å². The predicted octanol–water partition coefficient (Wildman–Crippen LogP) is 6.88. The van der Waals surface area contributed by atoms with Crippen molar-refractivity contribution in [2.45, 2.75) is 27.2 Å².